The van der Waals surface area contributed by atoms with Crippen molar-refractivity contribution < 1.29 is 14.3 Å². The summed E-state index contributed by atoms with van der Waals surface area (Å²) in [7, 11) is 1.57. The lowest BCUT2D eigenvalue weighted by atomic mass is 10.1. The lowest BCUT2D eigenvalue weighted by Gasteiger charge is -2.10. The number of rotatable bonds is 5. The molecule has 82 valence electrons. The molecule has 0 aliphatic rings. The second-order valence-electron chi connectivity index (χ2n) is 3.08. The van der Waals surface area contributed by atoms with Gasteiger partial charge in [-0.1, -0.05) is 6.92 Å². The Bertz CT molecular complexity index is 345. The van der Waals surface area contributed by atoms with Crippen LogP contribution in [-0.4, -0.2) is 19.5 Å². The highest BCUT2D eigenvalue weighted by Crippen LogP contribution is 2.28. The Morgan fingerprint density at radius 1 is 1.27 bits per heavy atom. The van der Waals surface area contributed by atoms with Crippen LogP contribution in [0.3, 0.4) is 0 Å². The second-order valence-corrected chi connectivity index (χ2v) is 3.08. The van der Waals surface area contributed by atoms with E-state index in [0.29, 0.717) is 30.1 Å². The molecule has 3 heteroatoms. The van der Waals surface area contributed by atoms with Gasteiger partial charge in [-0.25, -0.2) is 0 Å². The first-order valence-corrected chi connectivity index (χ1v) is 5.07. The number of carbonyl (C=O) groups excluding carboxylic acids is 1. The predicted molar refractivity (Wildman–Crippen MR) is 58.8 cm³/mol. The highest BCUT2D eigenvalue weighted by atomic mass is 16.5. The molecule has 0 N–H and O–H groups in total. The monoisotopic (exact) mass is 208 g/mol. The Hall–Kier alpha value is -1.51. The van der Waals surface area contributed by atoms with Crippen molar-refractivity contribution in [1.29, 1.82) is 0 Å². The maximum Gasteiger partial charge on any atom is 0.162 e. The topological polar surface area (TPSA) is 35.5 Å². The van der Waals surface area contributed by atoms with Crippen LogP contribution >= 0.6 is 0 Å². The first-order valence-electron chi connectivity index (χ1n) is 5.07. The van der Waals surface area contributed by atoms with Crippen LogP contribution in [0.5, 0.6) is 11.5 Å². The quantitative estimate of drug-likeness (QED) is 0.698. The molecule has 0 saturated heterocycles. The number of benzene rings is 1. The minimum Gasteiger partial charge on any atom is -0.493 e. The summed E-state index contributed by atoms with van der Waals surface area (Å²) >= 11 is 0. The Morgan fingerprint density at radius 2 is 2.00 bits per heavy atom. The summed E-state index contributed by atoms with van der Waals surface area (Å²) in [5.41, 5.74) is 0.665. The summed E-state index contributed by atoms with van der Waals surface area (Å²) < 4.78 is 10.5. The molecule has 0 aliphatic carbocycles. The summed E-state index contributed by atoms with van der Waals surface area (Å²) in [6.07, 6.45) is 0.497. The van der Waals surface area contributed by atoms with Gasteiger partial charge in [-0.05, 0) is 25.1 Å². The molecule has 0 atom stereocenters. The molecule has 0 aliphatic heterocycles. The van der Waals surface area contributed by atoms with Crippen molar-refractivity contribution in [3.63, 3.8) is 0 Å². The fourth-order valence-electron chi connectivity index (χ4n) is 1.32. The van der Waals surface area contributed by atoms with Gasteiger partial charge in [-0.3, -0.25) is 4.79 Å². The normalized spacial score (nSPS) is 9.80. The fraction of sp³-hybridized carbons (Fsp3) is 0.417. The zero-order valence-electron chi connectivity index (χ0n) is 9.37. The van der Waals surface area contributed by atoms with Gasteiger partial charge < -0.3 is 9.47 Å². The SMILES string of the molecule is CCOc1ccc(C(=O)CC)cc1OC. The van der Waals surface area contributed by atoms with E-state index in [-0.39, 0.29) is 5.78 Å². The molecule has 0 bridgehead atoms. The highest BCUT2D eigenvalue weighted by molar-refractivity contribution is 5.96. The Labute approximate surface area is 90.0 Å². The van der Waals surface area contributed by atoms with Crippen LogP contribution in [0, 0.1) is 0 Å². The molecular formula is C12H16O3. The number of carbonyl (C=O) groups is 1. The van der Waals surface area contributed by atoms with Gasteiger partial charge in [0.25, 0.3) is 0 Å². The third-order valence-corrected chi connectivity index (χ3v) is 2.11. The van der Waals surface area contributed by atoms with Crippen LogP contribution in [0.2, 0.25) is 0 Å². The molecule has 1 aromatic rings. The summed E-state index contributed by atoms with van der Waals surface area (Å²) in [6.45, 7) is 4.33. The maximum atomic E-state index is 11.5. The van der Waals surface area contributed by atoms with E-state index in [0.717, 1.165) is 0 Å². The minimum atomic E-state index is 0.108. The van der Waals surface area contributed by atoms with Crippen molar-refractivity contribution in [2.45, 2.75) is 20.3 Å². The third kappa shape index (κ3) is 2.72. The zero-order chi connectivity index (χ0) is 11.3. The van der Waals surface area contributed by atoms with E-state index in [9.17, 15) is 4.79 Å². The van der Waals surface area contributed by atoms with E-state index in [2.05, 4.69) is 0 Å². The average molecular weight is 208 g/mol. The molecule has 0 aromatic heterocycles. The Morgan fingerprint density at radius 3 is 2.53 bits per heavy atom. The molecule has 3 nitrogen and oxygen atoms in total. The smallest absolute Gasteiger partial charge is 0.162 e. The number of hydrogen-bond donors (Lipinski definition) is 0. The van der Waals surface area contributed by atoms with Crippen LogP contribution in [0.1, 0.15) is 30.6 Å². The molecule has 1 aromatic carbocycles. The third-order valence-electron chi connectivity index (χ3n) is 2.11. The number of Topliss-reactive ketones (excluding diaryl/α,β-unsaturated/α-hetero) is 1. The number of ether oxygens (including phenoxy) is 2. The van der Waals surface area contributed by atoms with E-state index >= 15 is 0 Å². The second kappa shape index (κ2) is 5.39. The molecule has 0 heterocycles. The van der Waals surface area contributed by atoms with Gasteiger partial charge >= 0.3 is 0 Å². The highest BCUT2D eigenvalue weighted by Gasteiger charge is 2.09. The van der Waals surface area contributed by atoms with E-state index in [4.69, 9.17) is 9.47 Å². The van der Waals surface area contributed by atoms with Crippen LogP contribution < -0.4 is 9.47 Å². The van der Waals surface area contributed by atoms with Crippen molar-refractivity contribution in [3.05, 3.63) is 23.8 Å². The summed E-state index contributed by atoms with van der Waals surface area (Å²) in [4.78, 5) is 11.5. The summed E-state index contributed by atoms with van der Waals surface area (Å²) in [5.74, 6) is 1.39. The van der Waals surface area contributed by atoms with E-state index < -0.39 is 0 Å². The molecule has 0 fully saturated rings. The van der Waals surface area contributed by atoms with Gasteiger partial charge in [-0.15, -0.1) is 0 Å². The summed E-state index contributed by atoms with van der Waals surface area (Å²) in [6, 6.07) is 5.25. The minimum absolute atomic E-state index is 0.108. The van der Waals surface area contributed by atoms with Crippen molar-refractivity contribution >= 4 is 5.78 Å². The average Bonchev–Trinajstić information content (AvgIpc) is 2.29. The van der Waals surface area contributed by atoms with Gasteiger partial charge in [0.15, 0.2) is 17.3 Å². The standard InChI is InChI=1S/C12H16O3/c1-4-10(13)9-6-7-11(15-5-2)12(8-9)14-3/h6-8H,4-5H2,1-3H3. The predicted octanol–water partition coefficient (Wildman–Crippen LogP) is 2.69. The Kier molecular flexibility index (Phi) is 4.16. The van der Waals surface area contributed by atoms with Crippen LogP contribution in [0.15, 0.2) is 18.2 Å². The molecular weight excluding hydrogens is 192 g/mol. The van der Waals surface area contributed by atoms with E-state index in [1.54, 1.807) is 25.3 Å². The van der Waals surface area contributed by atoms with Crippen molar-refractivity contribution in [3.8, 4) is 11.5 Å². The molecule has 0 unspecified atom stereocenters. The largest absolute Gasteiger partial charge is 0.493 e. The van der Waals surface area contributed by atoms with Crippen LogP contribution in [0.4, 0.5) is 0 Å². The molecule has 0 radical (unpaired) electrons. The van der Waals surface area contributed by atoms with Gasteiger partial charge in [0.05, 0.1) is 13.7 Å². The first kappa shape index (κ1) is 11.6. The van der Waals surface area contributed by atoms with Gasteiger partial charge in [0.2, 0.25) is 0 Å². The number of methoxy groups -OCH3 is 1. The zero-order valence-corrected chi connectivity index (χ0v) is 9.37. The Balaban J connectivity index is 3.01. The van der Waals surface area contributed by atoms with Crippen LogP contribution in [0.25, 0.3) is 0 Å². The first-order chi connectivity index (χ1) is 7.22. The van der Waals surface area contributed by atoms with Crippen LogP contribution in [-0.2, 0) is 0 Å². The molecule has 1 rings (SSSR count). The lowest BCUT2D eigenvalue weighted by Crippen LogP contribution is -2.00. The molecule has 15 heavy (non-hydrogen) atoms. The van der Waals surface area contributed by atoms with E-state index in [1.165, 1.54) is 0 Å². The molecule has 0 amide bonds. The molecule has 0 spiro atoms. The van der Waals surface area contributed by atoms with Gasteiger partial charge in [0, 0.05) is 12.0 Å². The van der Waals surface area contributed by atoms with Crippen molar-refractivity contribution in [1.82, 2.24) is 0 Å². The number of ketones is 1. The van der Waals surface area contributed by atoms with Crippen molar-refractivity contribution in [2.24, 2.45) is 0 Å². The van der Waals surface area contributed by atoms with Gasteiger partial charge in [0.1, 0.15) is 0 Å². The lowest BCUT2D eigenvalue weighted by molar-refractivity contribution is 0.0988. The molecule has 0 saturated carbocycles. The van der Waals surface area contributed by atoms with Gasteiger partial charge in [-0.2, -0.15) is 0 Å². The van der Waals surface area contributed by atoms with Crippen molar-refractivity contribution in [2.75, 3.05) is 13.7 Å². The maximum absolute atomic E-state index is 11.5. The van der Waals surface area contributed by atoms with E-state index in [1.807, 2.05) is 13.8 Å². The summed E-state index contributed by atoms with van der Waals surface area (Å²) in [5, 5.41) is 0. The fourth-order valence-corrected chi connectivity index (χ4v) is 1.32. The number of hydrogen-bond acceptors (Lipinski definition) is 3.